The number of fused-ring (bicyclic) bond motifs is 1. The fourth-order valence-corrected chi connectivity index (χ4v) is 2.48. The van der Waals surface area contributed by atoms with Crippen molar-refractivity contribution < 1.29 is 31.1 Å². The van der Waals surface area contributed by atoms with E-state index >= 15 is 0 Å². The molecule has 1 aromatic carbocycles. The van der Waals surface area contributed by atoms with Gasteiger partial charge in [-0.05, 0) is 24.5 Å². The zero-order valence-corrected chi connectivity index (χ0v) is 12.1. The Morgan fingerprint density at radius 1 is 1.08 bits per heavy atom. The molecule has 0 fully saturated rings. The average Bonchev–Trinajstić information content (AvgIpc) is 2.44. The van der Waals surface area contributed by atoms with Crippen molar-refractivity contribution in [2.75, 3.05) is 0 Å². The number of para-hydroxylation sites is 1. The monoisotopic (exact) mass is 350 g/mol. The molecule has 1 heterocycles. The van der Waals surface area contributed by atoms with Crippen LogP contribution < -0.4 is 5.73 Å². The largest absolute Gasteiger partial charge is 0.434 e. The Morgan fingerprint density at radius 3 is 2.25 bits per heavy atom. The highest BCUT2D eigenvalue weighted by atomic mass is 19.4. The minimum Gasteiger partial charge on any atom is -0.366 e. The van der Waals surface area contributed by atoms with Crippen LogP contribution in [0, 0.1) is 0 Å². The molecule has 9 heteroatoms. The molecule has 0 bridgehead atoms. The molecular formula is C15H12F6N2O. The number of aromatic nitrogens is 1. The van der Waals surface area contributed by atoms with Crippen LogP contribution in [0.15, 0.2) is 24.3 Å². The molecule has 0 spiro atoms. The molecule has 0 radical (unpaired) electrons. The third-order valence-corrected chi connectivity index (χ3v) is 3.40. The van der Waals surface area contributed by atoms with Gasteiger partial charge >= 0.3 is 12.4 Å². The van der Waals surface area contributed by atoms with Gasteiger partial charge in [0.25, 0.3) is 5.91 Å². The van der Waals surface area contributed by atoms with Crippen LogP contribution in [0.25, 0.3) is 10.9 Å². The van der Waals surface area contributed by atoms with Gasteiger partial charge < -0.3 is 5.73 Å². The summed E-state index contributed by atoms with van der Waals surface area (Å²) in [6.07, 6.45) is -11.4. The van der Waals surface area contributed by atoms with Gasteiger partial charge in [-0.1, -0.05) is 18.2 Å². The number of pyridine rings is 1. The highest BCUT2D eigenvalue weighted by molar-refractivity contribution is 6.00. The first-order valence-corrected chi connectivity index (χ1v) is 6.86. The summed E-state index contributed by atoms with van der Waals surface area (Å²) in [7, 11) is 0. The number of carbonyl (C=O) groups excluding carboxylic acids is 1. The van der Waals surface area contributed by atoms with Crippen LogP contribution in [-0.4, -0.2) is 17.1 Å². The molecule has 2 rings (SSSR count). The van der Waals surface area contributed by atoms with E-state index in [1.807, 2.05) is 0 Å². The van der Waals surface area contributed by atoms with Crippen LogP contribution in [0.1, 0.15) is 34.5 Å². The van der Waals surface area contributed by atoms with Crippen molar-refractivity contribution in [2.24, 2.45) is 5.73 Å². The van der Waals surface area contributed by atoms with Crippen LogP contribution in [0.2, 0.25) is 0 Å². The van der Waals surface area contributed by atoms with Gasteiger partial charge in [-0.3, -0.25) is 4.79 Å². The number of carbonyl (C=O) groups is 1. The van der Waals surface area contributed by atoms with E-state index in [4.69, 9.17) is 5.73 Å². The molecule has 0 saturated heterocycles. The zero-order chi connectivity index (χ0) is 18.1. The Balaban J connectivity index is 2.64. The Bertz CT molecular complexity index is 767. The van der Waals surface area contributed by atoms with Crippen LogP contribution in [0.5, 0.6) is 0 Å². The van der Waals surface area contributed by atoms with E-state index in [0.717, 1.165) is 0 Å². The number of aryl methyl sites for hydroxylation is 1. The fourth-order valence-electron chi connectivity index (χ4n) is 2.48. The molecule has 0 atom stereocenters. The zero-order valence-electron chi connectivity index (χ0n) is 12.1. The minimum atomic E-state index is -4.95. The number of nitrogens with two attached hydrogens (primary N) is 1. The molecular weight excluding hydrogens is 338 g/mol. The SMILES string of the molecule is NC(=O)c1c(C(F)(F)F)nc2ccccc2c1CCCC(F)(F)F. The molecule has 0 aliphatic rings. The normalized spacial score (nSPS) is 12.6. The van der Waals surface area contributed by atoms with Crippen molar-refractivity contribution in [2.45, 2.75) is 31.6 Å². The van der Waals surface area contributed by atoms with Crippen molar-refractivity contribution in [1.29, 1.82) is 0 Å². The van der Waals surface area contributed by atoms with Crippen LogP contribution >= 0.6 is 0 Å². The minimum absolute atomic E-state index is 0.0585. The lowest BCUT2D eigenvalue weighted by Crippen LogP contribution is -2.23. The summed E-state index contributed by atoms with van der Waals surface area (Å²) in [5, 5.41) is 0.182. The van der Waals surface area contributed by atoms with Crippen LogP contribution in [0.4, 0.5) is 26.3 Å². The van der Waals surface area contributed by atoms with Crippen molar-refractivity contribution in [3.63, 3.8) is 0 Å². The Kier molecular flexibility index (Phi) is 4.73. The number of benzene rings is 1. The summed E-state index contributed by atoms with van der Waals surface area (Å²) in [4.78, 5) is 15.0. The Hall–Kier alpha value is -2.32. The number of amides is 1. The summed E-state index contributed by atoms with van der Waals surface area (Å²) < 4.78 is 76.5. The molecule has 1 aromatic heterocycles. The lowest BCUT2D eigenvalue weighted by molar-refractivity contribution is -0.141. The van der Waals surface area contributed by atoms with E-state index in [1.54, 1.807) is 0 Å². The topological polar surface area (TPSA) is 56.0 Å². The fraction of sp³-hybridized carbons (Fsp3) is 0.333. The molecule has 0 aliphatic heterocycles. The van der Waals surface area contributed by atoms with Crippen LogP contribution in [0.3, 0.4) is 0 Å². The Morgan fingerprint density at radius 2 is 1.71 bits per heavy atom. The Labute approximate surface area is 132 Å². The molecule has 130 valence electrons. The lowest BCUT2D eigenvalue weighted by Gasteiger charge is -2.17. The maximum atomic E-state index is 13.2. The number of rotatable bonds is 4. The van der Waals surface area contributed by atoms with Crippen molar-refractivity contribution >= 4 is 16.8 Å². The highest BCUT2D eigenvalue weighted by Crippen LogP contribution is 2.36. The number of halogens is 6. The second-order valence-electron chi connectivity index (χ2n) is 5.16. The van der Waals surface area contributed by atoms with Crippen molar-refractivity contribution in [3.05, 3.63) is 41.1 Å². The van der Waals surface area contributed by atoms with Gasteiger partial charge in [0.1, 0.15) is 0 Å². The first-order chi connectivity index (χ1) is 11.0. The summed E-state index contributed by atoms with van der Waals surface area (Å²) in [6, 6.07) is 5.63. The van der Waals surface area contributed by atoms with Gasteiger partial charge in [-0.25, -0.2) is 4.98 Å². The first-order valence-electron chi connectivity index (χ1n) is 6.86. The maximum Gasteiger partial charge on any atom is 0.434 e. The van der Waals surface area contributed by atoms with Gasteiger partial charge in [-0.2, -0.15) is 26.3 Å². The number of alkyl halides is 6. The van der Waals surface area contributed by atoms with Gasteiger partial charge in [0, 0.05) is 11.8 Å². The van der Waals surface area contributed by atoms with Gasteiger partial charge in [0.2, 0.25) is 0 Å². The molecule has 3 nitrogen and oxygen atoms in total. The predicted molar refractivity (Wildman–Crippen MR) is 74.3 cm³/mol. The van der Waals surface area contributed by atoms with Crippen molar-refractivity contribution in [1.82, 2.24) is 4.98 Å². The van der Waals surface area contributed by atoms with E-state index in [-0.39, 0.29) is 22.9 Å². The van der Waals surface area contributed by atoms with Gasteiger partial charge in [0.15, 0.2) is 5.69 Å². The highest BCUT2D eigenvalue weighted by Gasteiger charge is 2.39. The van der Waals surface area contributed by atoms with Gasteiger partial charge in [0.05, 0.1) is 11.1 Å². The summed E-state index contributed by atoms with van der Waals surface area (Å²) in [5.41, 5.74) is 2.49. The lowest BCUT2D eigenvalue weighted by atomic mass is 9.95. The van der Waals surface area contributed by atoms with E-state index in [0.29, 0.717) is 0 Å². The number of hydrogen-bond acceptors (Lipinski definition) is 2. The summed E-state index contributed by atoms with van der Waals surface area (Å²) in [5.74, 6) is -1.37. The summed E-state index contributed by atoms with van der Waals surface area (Å²) in [6.45, 7) is 0. The van der Waals surface area contributed by atoms with E-state index < -0.39 is 42.4 Å². The predicted octanol–water partition coefficient (Wildman–Crippen LogP) is 4.24. The van der Waals surface area contributed by atoms with E-state index in [9.17, 15) is 31.1 Å². The summed E-state index contributed by atoms with van der Waals surface area (Å²) >= 11 is 0. The van der Waals surface area contributed by atoms with Crippen molar-refractivity contribution in [3.8, 4) is 0 Å². The third kappa shape index (κ3) is 3.95. The van der Waals surface area contributed by atoms with E-state index in [1.165, 1.54) is 24.3 Å². The molecule has 2 N–H and O–H groups in total. The van der Waals surface area contributed by atoms with Gasteiger partial charge in [-0.15, -0.1) is 0 Å². The number of primary amides is 1. The number of hydrogen-bond donors (Lipinski definition) is 1. The average molecular weight is 350 g/mol. The molecule has 0 aliphatic carbocycles. The third-order valence-electron chi connectivity index (χ3n) is 3.40. The number of nitrogens with zero attached hydrogens (tertiary/aromatic N) is 1. The van der Waals surface area contributed by atoms with Crippen LogP contribution in [-0.2, 0) is 12.6 Å². The molecule has 2 aromatic rings. The smallest absolute Gasteiger partial charge is 0.366 e. The molecule has 1 amide bonds. The standard InChI is InChI=1S/C15H12F6N2O/c16-14(17,18)7-3-5-9-8-4-1-2-6-10(8)23-12(15(19,20)21)11(9)13(22)24/h1-2,4,6H,3,5,7H2,(H2,22,24). The molecule has 24 heavy (non-hydrogen) atoms. The second-order valence-corrected chi connectivity index (χ2v) is 5.16. The maximum absolute atomic E-state index is 13.2. The molecule has 0 saturated carbocycles. The second kappa shape index (κ2) is 6.29. The first kappa shape index (κ1) is 18.0. The molecule has 0 unspecified atom stereocenters. The quantitative estimate of drug-likeness (QED) is 0.839. The van der Waals surface area contributed by atoms with E-state index in [2.05, 4.69) is 4.98 Å².